The predicted molar refractivity (Wildman–Crippen MR) is 174 cm³/mol. The van der Waals surface area contributed by atoms with Crippen molar-refractivity contribution in [2.75, 3.05) is 0 Å². The van der Waals surface area contributed by atoms with Crippen LogP contribution in [0.3, 0.4) is 0 Å². The average Bonchev–Trinajstić information content (AvgIpc) is 3.29. The number of ether oxygens (including phenoxy) is 1. The molecule has 0 amide bonds. The lowest BCUT2D eigenvalue weighted by molar-refractivity contribution is -0.131. The molecule has 0 fully saturated rings. The molecule has 0 radical (unpaired) electrons. The standard InChI is InChI=1S/C32H50O5SSi2/c1-12-22(14-13-15-28(33)34)23-18-25(38-21-23)20-35-24-16-17-26(29(31(2,3)4)36-39(8)9)27(19-24)30(32(5,6)7)37-40(10)11/h13-19,21,29-30,39-40H,12,20H2,1-11H3,(H,33,34). The van der Waals surface area contributed by atoms with Crippen molar-refractivity contribution in [1.29, 1.82) is 0 Å². The van der Waals surface area contributed by atoms with Crippen LogP contribution in [0, 0.1) is 10.8 Å². The molecule has 1 N–H and O–H groups in total. The smallest absolute Gasteiger partial charge is 0.328 e. The quantitative estimate of drug-likeness (QED) is 0.141. The number of carboxylic acid groups (broad SMARTS) is 1. The van der Waals surface area contributed by atoms with Crippen molar-refractivity contribution in [2.24, 2.45) is 10.8 Å². The molecule has 2 aromatic rings. The largest absolute Gasteiger partial charge is 0.488 e. The minimum absolute atomic E-state index is 0.0280. The summed E-state index contributed by atoms with van der Waals surface area (Å²) in [6.07, 6.45) is 5.33. The molecule has 1 aromatic heterocycles. The van der Waals surface area contributed by atoms with Crippen molar-refractivity contribution in [1.82, 2.24) is 0 Å². The van der Waals surface area contributed by atoms with E-state index in [0.717, 1.165) is 39.8 Å². The third-order valence-corrected chi connectivity index (χ3v) is 8.88. The molecular weight excluding hydrogens is 553 g/mol. The van der Waals surface area contributed by atoms with E-state index in [0.29, 0.717) is 6.61 Å². The lowest BCUT2D eigenvalue weighted by atomic mass is 9.77. The van der Waals surface area contributed by atoms with Crippen LogP contribution in [0.25, 0.3) is 5.57 Å². The maximum absolute atomic E-state index is 10.8. The Kier molecular flexibility index (Phi) is 12.6. The van der Waals surface area contributed by atoms with E-state index in [1.165, 1.54) is 5.56 Å². The van der Waals surface area contributed by atoms with Crippen LogP contribution < -0.4 is 4.74 Å². The first-order valence-corrected chi connectivity index (χ1v) is 20.7. The number of allylic oxidation sites excluding steroid dienone is 3. The van der Waals surface area contributed by atoms with Gasteiger partial charge in [0.2, 0.25) is 0 Å². The first-order valence-electron chi connectivity index (χ1n) is 14.3. The van der Waals surface area contributed by atoms with E-state index < -0.39 is 24.0 Å². The van der Waals surface area contributed by atoms with E-state index in [9.17, 15) is 4.79 Å². The zero-order chi connectivity index (χ0) is 30.3. The Bertz CT molecular complexity index is 1170. The normalized spacial score (nSPS) is 14.8. The summed E-state index contributed by atoms with van der Waals surface area (Å²) in [6, 6.07) is 8.56. The minimum Gasteiger partial charge on any atom is -0.488 e. The summed E-state index contributed by atoms with van der Waals surface area (Å²) < 4.78 is 19.7. The van der Waals surface area contributed by atoms with Gasteiger partial charge in [-0.2, -0.15) is 0 Å². The maximum Gasteiger partial charge on any atom is 0.328 e. The van der Waals surface area contributed by atoms with Gasteiger partial charge in [-0.1, -0.05) is 66.7 Å². The SMILES string of the molecule is CCC(=CC=CC(=O)O)c1csc(COc2ccc(C(O[SiH](C)C)C(C)(C)C)c(C(O[SiH](C)C)C(C)(C)C)c2)c1. The van der Waals surface area contributed by atoms with Crippen molar-refractivity contribution in [3.8, 4) is 5.75 Å². The van der Waals surface area contributed by atoms with Crippen molar-refractivity contribution < 1.29 is 23.5 Å². The Morgan fingerprint density at radius 1 is 0.950 bits per heavy atom. The van der Waals surface area contributed by atoms with Crippen LogP contribution in [0.5, 0.6) is 5.75 Å². The first-order chi connectivity index (χ1) is 18.5. The summed E-state index contributed by atoms with van der Waals surface area (Å²) in [4.78, 5) is 11.9. The molecule has 0 aliphatic rings. The van der Waals surface area contributed by atoms with Gasteiger partial charge in [0.25, 0.3) is 0 Å². The summed E-state index contributed by atoms with van der Waals surface area (Å²) >= 11 is 1.65. The summed E-state index contributed by atoms with van der Waals surface area (Å²) in [5.41, 5.74) is 4.39. The van der Waals surface area contributed by atoms with Crippen LogP contribution in [0.15, 0.2) is 47.9 Å². The fraction of sp³-hybridized carbons (Fsp3) is 0.531. The fourth-order valence-corrected chi connectivity index (χ4v) is 7.60. The van der Waals surface area contributed by atoms with Gasteiger partial charge in [0.15, 0.2) is 18.1 Å². The van der Waals surface area contributed by atoms with Crippen LogP contribution in [0.2, 0.25) is 26.2 Å². The first kappa shape index (κ1) is 34.2. The molecule has 2 unspecified atom stereocenters. The van der Waals surface area contributed by atoms with Crippen LogP contribution in [-0.2, 0) is 20.3 Å². The molecule has 0 saturated heterocycles. The number of hydrogen-bond acceptors (Lipinski definition) is 5. The summed E-state index contributed by atoms with van der Waals surface area (Å²) in [5, 5.41) is 11.0. The van der Waals surface area contributed by atoms with Crippen molar-refractivity contribution in [3.05, 3.63) is 69.4 Å². The van der Waals surface area contributed by atoms with Crippen LogP contribution in [0.4, 0.5) is 0 Å². The van der Waals surface area contributed by atoms with E-state index in [4.69, 9.17) is 18.7 Å². The van der Waals surface area contributed by atoms with E-state index in [1.54, 1.807) is 17.4 Å². The Morgan fingerprint density at radius 2 is 1.52 bits per heavy atom. The monoisotopic (exact) mass is 602 g/mol. The van der Waals surface area contributed by atoms with Gasteiger partial charge >= 0.3 is 5.97 Å². The molecule has 0 saturated carbocycles. The van der Waals surface area contributed by atoms with E-state index in [1.807, 2.05) is 6.08 Å². The zero-order valence-corrected chi connectivity index (χ0v) is 29.5. The molecule has 2 rings (SSSR count). The second-order valence-corrected chi connectivity index (χ2v) is 18.7. The summed E-state index contributed by atoms with van der Waals surface area (Å²) in [7, 11) is -2.65. The van der Waals surface area contributed by atoms with Crippen LogP contribution >= 0.6 is 11.3 Å². The van der Waals surface area contributed by atoms with E-state index in [2.05, 4.69) is 104 Å². The minimum atomic E-state index is -1.34. The molecule has 1 aromatic carbocycles. The lowest BCUT2D eigenvalue weighted by Crippen LogP contribution is -2.31. The van der Waals surface area contributed by atoms with Gasteiger partial charge in [-0.25, -0.2) is 4.79 Å². The maximum atomic E-state index is 10.8. The number of rotatable bonds is 13. The predicted octanol–water partition coefficient (Wildman–Crippen LogP) is 8.94. The van der Waals surface area contributed by atoms with E-state index >= 15 is 0 Å². The zero-order valence-electron chi connectivity index (χ0n) is 26.3. The molecule has 5 nitrogen and oxygen atoms in total. The second-order valence-electron chi connectivity index (χ2n) is 13.0. The molecule has 0 aliphatic heterocycles. The Hall–Kier alpha value is -1.98. The van der Waals surface area contributed by atoms with Gasteiger partial charge in [-0.3, -0.25) is 0 Å². The highest BCUT2D eigenvalue weighted by molar-refractivity contribution is 7.10. The molecular formula is C32H50O5SSi2. The second kappa shape index (κ2) is 14.8. The van der Waals surface area contributed by atoms with Gasteiger partial charge < -0.3 is 18.7 Å². The van der Waals surface area contributed by atoms with Gasteiger partial charge in [0, 0.05) is 11.0 Å². The van der Waals surface area contributed by atoms with Crippen molar-refractivity contribution >= 4 is 41.0 Å². The van der Waals surface area contributed by atoms with Gasteiger partial charge in [-0.05, 0) is 89.3 Å². The highest BCUT2D eigenvalue weighted by Crippen LogP contribution is 2.46. The molecule has 2 atom stereocenters. The third-order valence-electron chi connectivity index (χ3n) is 6.34. The summed E-state index contributed by atoms with van der Waals surface area (Å²) in [6.45, 7) is 24.9. The molecule has 0 spiro atoms. The number of thiophene rings is 1. The number of benzene rings is 1. The van der Waals surface area contributed by atoms with Gasteiger partial charge in [0.05, 0.1) is 12.2 Å². The average molecular weight is 603 g/mol. The molecule has 40 heavy (non-hydrogen) atoms. The van der Waals surface area contributed by atoms with E-state index in [-0.39, 0.29) is 23.0 Å². The van der Waals surface area contributed by atoms with Gasteiger partial charge in [-0.15, -0.1) is 11.3 Å². The highest BCUT2D eigenvalue weighted by atomic mass is 32.1. The number of hydrogen-bond donors (Lipinski definition) is 1. The fourth-order valence-electron chi connectivity index (χ4n) is 4.58. The molecule has 0 aliphatic carbocycles. The molecule has 1 heterocycles. The summed E-state index contributed by atoms with van der Waals surface area (Å²) in [5.74, 6) is -0.125. The molecule has 222 valence electrons. The molecule has 0 bridgehead atoms. The van der Waals surface area contributed by atoms with Crippen LogP contribution in [-0.4, -0.2) is 29.2 Å². The van der Waals surface area contributed by atoms with Crippen molar-refractivity contribution in [2.45, 2.75) is 99.9 Å². The number of carboxylic acids is 1. The van der Waals surface area contributed by atoms with Crippen LogP contribution in [0.1, 0.15) is 88.7 Å². The van der Waals surface area contributed by atoms with Crippen molar-refractivity contribution in [3.63, 3.8) is 0 Å². The Morgan fingerprint density at radius 3 is 2.02 bits per heavy atom. The Labute approximate surface area is 249 Å². The number of aliphatic carboxylic acids is 1. The lowest BCUT2D eigenvalue weighted by Gasteiger charge is -2.39. The molecule has 8 heteroatoms. The highest BCUT2D eigenvalue weighted by Gasteiger charge is 2.36. The number of carbonyl (C=O) groups is 1. The Balaban J connectivity index is 2.45. The topological polar surface area (TPSA) is 65.0 Å². The third kappa shape index (κ3) is 10.5. The van der Waals surface area contributed by atoms with Gasteiger partial charge in [0.1, 0.15) is 12.4 Å².